The predicted molar refractivity (Wildman–Crippen MR) is 114 cm³/mol. The van der Waals surface area contributed by atoms with Gasteiger partial charge in [0.05, 0.1) is 35.5 Å². The van der Waals surface area contributed by atoms with Gasteiger partial charge in [-0.25, -0.2) is 9.78 Å². The Hall–Kier alpha value is -2.06. The number of aromatic nitrogens is 1. The number of hydrogen-bond donors (Lipinski definition) is 2. The van der Waals surface area contributed by atoms with Crippen molar-refractivity contribution < 1.29 is 19.4 Å². The van der Waals surface area contributed by atoms with Gasteiger partial charge in [0.1, 0.15) is 5.82 Å². The van der Waals surface area contributed by atoms with Crippen LogP contribution in [0.15, 0.2) is 12.3 Å². The molecule has 0 aromatic carbocycles. The number of aliphatic hydroxyl groups excluding tert-OH is 1. The van der Waals surface area contributed by atoms with Crippen LogP contribution in [0, 0.1) is 5.41 Å². The molecule has 2 amide bonds. The lowest BCUT2D eigenvalue weighted by Crippen LogP contribution is -2.47. The molecule has 0 atom stereocenters. The lowest BCUT2D eigenvalue weighted by molar-refractivity contribution is -0.139. The zero-order valence-electron chi connectivity index (χ0n) is 17.3. The number of carbonyl (C=O) groups excluding carboxylic acids is 2. The van der Waals surface area contributed by atoms with Crippen LogP contribution in [0.1, 0.15) is 44.9 Å². The quantitative estimate of drug-likeness (QED) is 0.756. The van der Waals surface area contributed by atoms with E-state index in [1.54, 1.807) is 12.3 Å². The molecular formula is C21H29ClN4O4. The minimum atomic E-state index is -0.572. The number of rotatable bonds is 3. The molecule has 1 spiro atoms. The van der Waals surface area contributed by atoms with E-state index in [4.69, 9.17) is 11.6 Å². The summed E-state index contributed by atoms with van der Waals surface area (Å²) in [6.45, 7) is 2.27. The Bertz CT molecular complexity index is 804. The second-order valence-electron chi connectivity index (χ2n) is 8.62. The van der Waals surface area contributed by atoms with E-state index >= 15 is 0 Å². The van der Waals surface area contributed by atoms with E-state index < -0.39 is 6.09 Å². The number of halogens is 1. The second kappa shape index (κ2) is 8.59. The number of carbonyl (C=O) groups is 2. The molecule has 30 heavy (non-hydrogen) atoms. The monoisotopic (exact) mass is 436 g/mol. The first kappa shape index (κ1) is 21.2. The average Bonchev–Trinajstić information content (AvgIpc) is 3.05. The average molecular weight is 437 g/mol. The Morgan fingerprint density at radius 3 is 2.53 bits per heavy atom. The molecule has 8 nitrogen and oxygen atoms in total. The van der Waals surface area contributed by atoms with Crippen molar-refractivity contribution in [3.63, 3.8) is 0 Å². The molecule has 0 unspecified atom stereocenters. The molecule has 9 heteroatoms. The summed E-state index contributed by atoms with van der Waals surface area (Å²) in [5.41, 5.74) is 0.203. The Morgan fingerprint density at radius 2 is 1.90 bits per heavy atom. The molecule has 3 heterocycles. The topological polar surface area (TPSA) is 95.0 Å². The van der Waals surface area contributed by atoms with Crippen LogP contribution in [0.5, 0.6) is 0 Å². The van der Waals surface area contributed by atoms with Crippen molar-refractivity contribution in [2.24, 2.45) is 5.41 Å². The first-order valence-electron chi connectivity index (χ1n) is 10.7. The highest BCUT2D eigenvalue weighted by molar-refractivity contribution is 6.33. The van der Waals surface area contributed by atoms with E-state index in [1.807, 2.05) is 0 Å². The van der Waals surface area contributed by atoms with Crippen LogP contribution in [0.4, 0.5) is 16.3 Å². The van der Waals surface area contributed by atoms with Gasteiger partial charge in [0.25, 0.3) is 0 Å². The summed E-state index contributed by atoms with van der Waals surface area (Å²) in [4.78, 5) is 33.3. The number of aliphatic hydroxyl groups is 1. The molecule has 2 aliphatic heterocycles. The van der Waals surface area contributed by atoms with Crippen molar-refractivity contribution in [1.29, 1.82) is 0 Å². The normalized spacial score (nSPS) is 26.2. The summed E-state index contributed by atoms with van der Waals surface area (Å²) in [5, 5.41) is 12.8. The fourth-order valence-electron chi connectivity index (χ4n) is 5.08. The molecule has 0 bridgehead atoms. The van der Waals surface area contributed by atoms with Crippen LogP contribution >= 0.6 is 11.6 Å². The number of likely N-dealkylation sites (tertiary alicyclic amines) is 1. The van der Waals surface area contributed by atoms with Crippen LogP contribution in [-0.4, -0.2) is 65.9 Å². The van der Waals surface area contributed by atoms with Crippen molar-refractivity contribution in [1.82, 2.24) is 9.88 Å². The van der Waals surface area contributed by atoms with Gasteiger partial charge in [-0.1, -0.05) is 11.6 Å². The third kappa shape index (κ3) is 4.07. The van der Waals surface area contributed by atoms with E-state index in [0.29, 0.717) is 22.4 Å². The fourth-order valence-corrected chi connectivity index (χ4v) is 5.36. The predicted octanol–water partition coefficient (Wildman–Crippen LogP) is 3.04. The van der Waals surface area contributed by atoms with Crippen LogP contribution in [0.2, 0.25) is 5.02 Å². The minimum Gasteiger partial charge on any atom is -0.453 e. The number of nitrogens with one attached hydrogen (secondary N) is 1. The molecule has 2 saturated heterocycles. The third-order valence-corrected chi connectivity index (χ3v) is 7.20. The summed E-state index contributed by atoms with van der Waals surface area (Å²) in [5.74, 6) is 0.964. The summed E-state index contributed by atoms with van der Waals surface area (Å²) in [7, 11) is 1.30. The maximum atomic E-state index is 13.3. The van der Waals surface area contributed by atoms with Crippen LogP contribution in [0.25, 0.3) is 0 Å². The zero-order valence-corrected chi connectivity index (χ0v) is 18.0. The molecule has 1 aliphatic carbocycles. The van der Waals surface area contributed by atoms with Gasteiger partial charge in [0, 0.05) is 25.7 Å². The molecule has 1 aromatic rings. The number of hydrogen-bond acceptors (Lipinski definition) is 6. The van der Waals surface area contributed by atoms with Crippen molar-refractivity contribution in [2.45, 2.75) is 57.1 Å². The molecule has 3 aliphatic rings. The molecule has 2 N–H and O–H groups in total. The molecule has 1 saturated carbocycles. The third-order valence-electron chi connectivity index (χ3n) is 6.93. The first-order chi connectivity index (χ1) is 14.4. The Morgan fingerprint density at radius 1 is 1.23 bits per heavy atom. The second-order valence-corrected chi connectivity index (χ2v) is 9.03. The Balaban J connectivity index is 1.38. The van der Waals surface area contributed by atoms with Gasteiger partial charge in [-0.3, -0.25) is 10.1 Å². The molecule has 3 fully saturated rings. The number of nitrogens with zero attached hydrogens (tertiary/aromatic N) is 3. The van der Waals surface area contributed by atoms with Crippen molar-refractivity contribution in [2.75, 3.05) is 37.0 Å². The number of pyridine rings is 1. The van der Waals surface area contributed by atoms with Gasteiger partial charge in [-0.05, 0) is 51.0 Å². The van der Waals surface area contributed by atoms with E-state index in [1.165, 1.54) is 7.11 Å². The molecule has 1 aromatic heterocycles. The van der Waals surface area contributed by atoms with Gasteiger partial charge < -0.3 is 19.6 Å². The number of ether oxygens (including phenoxy) is 1. The molecular weight excluding hydrogens is 408 g/mol. The Kier molecular flexibility index (Phi) is 6.06. The number of amides is 2. The summed E-state index contributed by atoms with van der Waals surface area (Å²) < 4.78 is 4.58. The minimum absolute atomic E-state index is 0.206. The fraction of sp³-hybridized carbons (Fsp3) is 0.667. The smallest absolute Gasteiger partial charge is 0.411 e. The van der Waals surface area contributed by atoms with Gasteiger partial charge in [-0.2, -0.15) is 0 Å². The van der Waals surface area contributed by atoms with Gasteiger partial charge in [0.15, 0.2) is 0 Å². The van der Waals surface area contributed by atoms with E-state index in [0.717, 1.165) is 64.6 Å². The maximum absolute atomic E-state index is 13.3. The van der Waals surface area contributed by atoms with Crippen LogP contribution in [0.3, 0.4) is 0 Å². The SMILES string of the molecule is COC(=O)Nc1cnc(N2CCC3(CC2)CCN([C@H]2CC[C@@H](O)CC2)C3=O)c(Cl)c1. The van der Waals surface area contributed by atoms with Gasteiger partial charge in [-0.15, -0.1) is 0 Å². The largest absolute Gasteiger partial charge is 0.453 e. The zero-order chi connectivity index (χ0) is 21.3. The van der Waals surface area contributed by atoms with Crippen LogP contribution < -0.4 is 10.2 Å². The molecule has 0 radical (unpaired) electrons. The summed E-state index contributed by atoms with van der Waals surface area (Å²) in [6.07, 6.45) is 6.65. The van der Waals surface area contributed by atoms with E-state index in [-0.39, 0.29) is 17.6 Å². The molecule has 4 rings (SSSR count). The lowest BCUT2D eigenvalue weighted by atomic mass is 9.77. The van der Waals surface area contributed by atoms with Gasteiger partial charge >= 0.3 is 6.09 Å². The Labute approximate surface area is 181 Å². The number of piperidine rings is 1. The standard InChI is InChI=1S/C21H29ClN4O4/c1-30-20(29)24-14-12-17(22)18(23-13-14)25-9-6-21(7-10-25)8-11-26(19(21)28)15-2-4-16(27)5-3-15/h12-13,15-16,27H,2-11H2,1H3,(H,24,29)/t15-,16+. The number of methoxy groups -OCH3 is 1. The first-order valence-corrected chi connectivity index (χ1v) is 11.0. The van der Waals surface area contributed by atoms with Crippen molar-refractivity contribution in [3.8, 4) is 0 Å². The molecule has 164 valence electrons. The lowest BCUT2D eigenvalue weighted by Gasteiger charge is -2.40. The highest BCUT2D eigenvalue weighted by Crippen LogP contribution is 2.44. The summed E-state index contributed by atoms with van der Waals surface area (Å²) in [6, 6.07) is 1.94. The highest BCUT2D eigenvalue weighted by atomic mass is 35.5. The van der Waals surface area contributed by atoms with Crippen molar-refractivity contribution in [3.05, 3.63) is 17.3 Å². The van der Waals surface area contributed by atoms with E-state index in [2.05, 4.69) is 24.8 Å². The van der Waals surface area contributed by atoms with Gasteiger partial charge in [0.2, 0.25) is 5.91 Å². The summed E-state index contributed by atoms with van der Waals surface area (Å²) >= 11 is 6.41. The van der Waals surface area contributed by atoms with Crippen molar-refractivity contribution >= 4 is 35.1 Å². The maximum Gasteiger partial charge on any atom is 0.411 e. The van der Waals surface area contributed by atoms with E-state index in [9.17, 15) is 14.7 Å². The highest BCUT2D eigenvalue weighted by Gasteiger charge is 2.50. The van der Waals surface area contributed by atoms with Crippen LogP contribution in [-0.2, 0) is 9.53 Å². The number of anilines is 2.